The van der Waals surface area contributed by atoms with Crippen molar-refractivity contribution in [2.75, 3.05) is 0 Å². The lowest BCUT2D eigenvalue weighted by atomic mass is 9.81. The van der Waals surface area contributed by atoms with Crippen molar-refractivity contribution in [2.24, 2.45) is 11.7 Å². The summed E-state index contributed by atoms with van der Waals surface area (Å²) in [7, 11) is 0. The first-order valence-corrected chi connectivity index (χ1v) is 10.7. The molecule has 1 aliphatic heterocycles. The Labute approximate surface area is 174 Å². The van der Waals surface area contributed by atoms with Crippen LogP contribution in [0.15, 0.2) is 36.5 Å². The SMILES string of the molecule is NC(=O)C1Cc2ncccc2-c2c(C3CCCCC3)c3ccc(C(=O)O)cc3n2C1. The number of hydrogen-bond acceptors (Lipinski definition) is 3. The number of carbonyl (C=O) groups is 2. The monoisotopic (exact) mass is 403 g/mol. The van der Waals surface area contributed by atoms with Crippen LogP contribution in [0.1, 0.15) is 59.6 Å². The summed E-state index contributed by atoms with van der Waals surface area (Å²) in [5.74, 6) is -1.27. The first kappa shape index (κ1) is 18.9. The molecule has 3 aromatic rings. The second-order valence-electron chi connectivity index (χ2n) is 8.55. The molecule has 3 heterocycles. The van der Waals surface area contributed by atoms with Crippen LogP contribution in [0.5, 0.6) is 0 Å². The van der Waals surface area contributed by atoms with Gasteiger partial charge in [0.15, 0.2) is 0 Å². The van der Waals surface area contributed by atoms with Gasteiger partial charge in [-0.25, -0.2) is 4.79 Å². The third-order valence-electron chi connectivity index (χ3n) is 6.75. The second-order valence-corrected chi connectivity index (χ2v) is 8.55. The molecule has 1 unspecified atom stereocenters. The smallest absolute Gasteiger partial charge is 0.335 e. The van der Waals surface area contributed by atoms with Gasteiger partial charge >= 0.3 is 5.97 Å². The van der Waals surface area contributed by atoms with E-state index in [1.54, 1.807) is 18.3 Å². The van der Waals surface area contributed by atoms with Crippen molar-refractivity contribution >= 4 is 22.8 Å². The number of aromatic carboxylic acids is 1. The summed E-state index contributed by atoms with van der Waals surface area (Å²) in [6.07, 6.45) is 8.18. The summed E-state index contributed by atoms with van der Waals surface area (Å²) in [4.78, 5) is 28.5. The molecule has 3 N–H and O–H groups in total. The molecule has 1 aromatic carbocycles. The van der Waals surface area contributed by atoms with Crippen LogP contribution in [-0.2, 0) is 17.8 Å². The van der Waals surface area contributed by atoms with Crippen LogP contribution >= 0.6 is 0 Å². The minimum absolute atomic E-state index is 0.254. The first-order valence-electron chi connectivity index (χ1n) is 10.7. The van der Waals surface area contributed by atoms with Crippen LogP contribution in [0.25, 0.3) is 22.2 Å². The lowest BCUT2D eigenvalue weighted by molar-refractivity contribution is -0.122. The lowest BCUT2D eigenvalue weighted by Crippen LogP contribution is -2.28. The number of carboxylic acid groups (broad SMARTS) is 1. The largest absolute Gasteiger partial charge is 0.478 e. The van der Waals surface area contributed by atoms with Gasteiger partial charge in [-0.15, -0.1) is 0 Å². The van der Waals surface area contributed by atoms with E-state index in [0.29, 0.717) is 18.9 Å². The molecule has 0 spiro atoms. The van der Waals surface area contributed by atoms with Gasteiger partial charge in [-0.3, -0.25) is 9.78 Å². The van der Waals surface area contributed by atoms with Crippen LogP contribution in [-0.4, -0.2) is 26.5 Å². The fourth-order valence-electron chi connectivity index (χ4n) is 5.32. The number of benzene rings is 1. The number of amides is 1. The number of nitrogens with zero attached hydrogens (tertiary/aromatic N) is 2. The van der Waals surface area contributed by atoms with Crippen molar-refractivity contribution in [3.8, 4) is 11.3 Å². The van der Waals surface area contributed by atoms with Crippen molar-refractivity contribution < 1.29 is 14.7 Å². The summed E-state index contributed by atoms with van der Waals surface area (Å²) in [6.45, 7) is 0.438. The molecule has 1 aliphatic carbocycles. The molecule has 1 fully saturated rings. The molecule has 2 aliphatic rings. The van der Waals surface area contributed by atoms with E-state index in [4.69, 9.17) is 5.73 Å². The molecule has 6 heteroatoms. The van der Waals surface area contributed by atoms with E-state index in [1.165, 1.54) is 24.8 Å². The molecule has 0 radical (unpaired) electrons. The van der Waals surface area contributed by atoms with E-state index in [0.717, 1.165) is 40.7 Å². The molecule has 5 rings (SSSR count). The standard InChI is InChI=1S/C24H25N3O3/c25-23(28)16-11-19-17(7-4-10-26-19)22-21(14-5-2-1-3-6-14)18-9-8-15(24(29)30)12-20(18)27(22)13-16/h4,7-10,12,14,16H,1-3,5-6,11,13H2,(H2,25,28)(H,29,30). The number of primary amides is 1. The fraction of sp³-hybridized carbons (Fsp3) is 0.375. The number of aromatic nitrogens is 2. The summed E-state index contributed by atoms with van der Waals surface area (Å²) in [6, 6.07) is 9.37. The molecule has 2 aromatic heterocycles. The molecule has 6 nitrogen and oxygen atoms in total. The van der Waals surface area contributed by atoms with E-state index in [1.807, 2.05) is 12.1 Å². The summed E-state index contributed by atoms with van der Waals surface area (Å²) in [5.41, 5.74) is 11.2. The van der Waals surface area contributed by atoms with Crippen molar-refractivity contribution in [3.63, 3.8) is 0 Å². The zero-order chi connectivity index (χ0) is 20.8. The summed E-state index contributed by atoms with van der Waals surface area (Å²) >= 11 is 0. The Balaban J connectivity index is 1.85. The predicted octanol–water partition coefficient (Wildman–Crippen LogP) is 4.11. The van der Waals surface area contributed by atoms with Crippen LogP contribution in [0.4, 0.5) is 0 Å². The topological polar surface area (TPSA) is 98.2 Å². The summed E-state index contributed by atoms with van der Waals surface area (Å²) < 4.78 is 2.13. The maximum absolute atomic E-state index is 12.2. The molecule has 1 saturated carbocycles. The lowest BCUT2D eigenvalue weighted by Gasteiger charge is -2.23. The quantitative estimate of drug-likeness (QED) is 0.688. The Morgan fingerprint density at radius 2 is 1.93 bits per heavy atom. The van der Waals surface area contributed by atoms with Crippen molar-refractivity contribution in [1.82, 2.24) is 9.55 Å². The zero-order valence-corrected chi connectivity index (χ0v) is 16.8. The van der Waals surface area contributed by atoms with Crippen LogP contribution < -0.4 is 5.73 Å². The molecule has 0 saturated heterocycles. The van der Waals surface area contributed by atoms with Gasteiger partial charge in [-0.1, -0.05) is 25.3 Å². The molecular weight excluding hydrogens is 378 g/mol. The molecule has 0 bridgehead atoms. The van der Waals surface area contributed by atoms with Gasteiger partial charge in [0, 0.05) is 35.6 Å². The number of rotatable bonds is 3. The van der Waals surface area contributed by atoms with Gasteiger partial charge in [0.1, 0.15) is 0 Å². The Kier molecular flexibility index (Phi) is 4.57. The van der Waals surface area contributed by atoms with E-state index < -0.39 is 5.97 Å². The van der Waals surface area contributed by atoms with Crippen LogP contribution in [0.2, 0.25) is 0 Å². The van der Waals surface area contributed by atoms with Gasteiger partial charge in [0.2, 0.25) is 5.91 Å². The average molecular weight is 403 g/mol. The zero-order valence-electron chi connectivity index (χ0n) is 16.8. The molecule has 1 amide bonds. The van der Waals surface area contributed by atoms with Gasteiger partial charge in [0.05, 0.1) is 22.9 Å². The third-order valence-corrected chi connectivity index (χ3v) is 6.75. The number of nitrogens with two attached hydrogens (primary N) is 1. The minimum atomic E-state index is -0.950. The maximum atomic E-state index is 12.2. The highest BCUT2D eigenvalue weighted by Crippen LogP contribution is 2.46. The number of pyridine rings is 1. The highest BCUT2D eigenvalue weighted by atomic mass is 16.4. The van der Waals surface area contributed by atoms with E-state index in [9.17, 15) is 14.7 Å². The number of carboxylic acids is 1. The summed E-state index contributed by atoms with van der Waals surface area (Å²) in [5, 5.41) is 10.6. The highest BCUT2D eigenvalue weighted by Gasteiger charge is 2.32. The van der Waals surface area contributed by atoms with E-state index in [-0.39, 0.29) is 17.4 Å². The highest BCUT2D eigenvalue weighted by molar-refractivity contribution is 5.98. The Hall–Kier alpha value is -3.15. The predicted molar refractivity (Wildman–Crippen MR) is 114 cm³/mol. The number of fused-ring (bicyclic) bond motifs is 5. The van der Waals surface area contributed by atoms with Gasteiger partial charge in [-0.05, 0) is 48.6 Å². The molecule has 30 heavy (non-hydrogen) atoms. The minimum Gasteiger partial charge on any atom is -0.478 e. The molecule has 1 atom stereocenters. The van der Waals surface area contributed by atoms with Crippen molar-refractivity contribution in [3.05, 3.63) is 53.3 Å². The maximum Gasteiger partial charge on any atom is 0.335 e. The average Bonchev–Trinajstić information content (AvgIpc) is 2.96. The Morgan fingerprint density at radius 1 is 1.13 bits per heavy atom. The third kappa shape index (κ3) is 2.98. The number of hydrogen-bond donors (Lipinski definition) is 2. The van der Waals surface area contributed by atoms with Crippen molar-refractivity contribution in [2.45, 2.75) is 51.0 Å². The second kappa shape index (κ2) is 7.27. The van der Waals surface area contributed by atoms with Crippen LogP contribution in [0, 0.1) is 5.92 Å². The molecule has 154 valence electrons. The van der Waals surface area contributed by atoms with E-state index in [2.05, 4.69) is 15.6 Å². The molecular formula is C24H25N3O3. The number of carbonyl (C=O) groups excluding carboxylic acids is 1. The van der Waals surface area contributed by atoms with Crippen LogP contribution in [0.3, 0.4) is 0 Å². The van der Waals surface area contributed by atoms with Gasteiger partial charge in [-0.2, -0.15) is 0 Å². The fourth-order valence-corrected chi connectivity index (χ4v) is 5.32. The first-order chi connectivity index (χ1) is 14.5. The normalized spacial score (nSPS) is 19.1. The van der Waals surface area contributed by atoms with Gasteiger partial charge in [0.25, 0.3) is 0 Å². The Bertz CT molecular complexity index is 1160. The van der Waals surface area contributed by atoms with Crippen molar-refractivity contribution in [1.29, 1.82) is 0 Å². The van der Waals surface area contributed by atoms with E-state index >= 15 is 0 Å². The van der Waals surface area contributed by atoms with Gasteiger partial charge < -0.3 is 15.4 Å². The Morgan fingerprint density at radius 3 is 2.67 bits per heavy atom.